The summed E-state index contributed by atoms with van der Waals surface area (Å²) in [6.45, 7) is 0.384. The summed E-state index contributed by atoms with van der Waals surface area (Å²) in [5, 5.41) is 11.6. The van der Waals surface area contributed by atoms with Crippen LogP contribution in [0.2, 0.25) is 0 Å². The smallest absolute Gasteiger partial charge is 0.233 e. The summed E-state index contributed by atoms with van der Waals surface area (Å²) in [6, 6.07) is 9.69. The number of hydrogen-bond acceptors (Lipinski definition) is 4. The van der Waals surface area contributed by atoms with Crippen LogP contribution in [0.4, 0.5) is 0 Å². The number of aliphatic hydroxyl groups is 1. The topological polar surface area (TPSA) is 58.6 Å². The Bertz CT molecular complexity index is 359. The maximum Gasteiger partial charge on any atom is 0.233 e. The molecule has 2 atom stereocenters. The molecule has 0 heterocycles. The maximum atomic E-state index is 11.7. The Morgan fingerprint density at radius 1 is 1.44 bits per heavy atom. The van der Waals surface area contributed by atoms with E-state index in [1.165, 1.54) is 7.11 Å². The lowest BCUT2D eigenvalue weighted by Crippen LogP contribution is -2.39. The number of carbonyl (C=O) groups is 1. The molecule has 0 aliphatic heterocycles. The Labute approximate surface area is 113 Å². The van der Waals surface area contributed by atoms with Gasteiger partial charge >= 0.3 is 0 Å². The average molecular weight is 269 g/mol. The van der Waals surface area contributed by atoms with Gasteiger partial charge in [-0.1, -0.05) is 30.3 Å². The monoisotopic (exact) mass is 269 g/mol. The molecule has 0 aliphatic rings. The zero-order chi connectivity index (χ0) is 13.4. The Hall–Kier alpha value is -1.04. The number of amides is 1. The van der Waals surface area contributed by atoms with Gasteiger partial charge in [-0.3, -0.25) is 4.79 Å². The molecule has 1 aromatic rings. The van der Waals surface area contributed by atoms with E-state index in [9.17, 15) is 9.90 Å². The molecule has 5 heteroatoms. The van der Waals surface area contributed by atoms with Gasteiger partial charge in [-0.2, -0.15) is 12.6 Å². The van der Waals surface area contributed by atoms with E-state index in [2.05, 4.69) is 17.9 Å². The van der Waals surface area contributed by atoms with Crippen LogP contribution in [-0.2, 0) is 16.0 Å². The van der Waals surface area contributed by atoms with E-state index in [0.29, 0.717) is 6.42 Å². The number of hydrogen-bond donors (Lipinski definition) is 3. The van der Waals surface area contributed by atoms with Crippen LogP contribution in [0.15, 0.2) is 30.3 Å². The Morgan fingerprint density at radius 2 is 2.11 bits per heavy atom. The number of thiol groups is 1. The van der Waals surface area contributed by atoms with Crippen LogP contribution in [0.3, 0.4) is 0 Å². The summed E-state index contributed by atoms with van der Waals surface area (Å²) in [7, 11) is 1.50. The highest BCUT2D eigenvalue weighted by molar-refractivity contribution is 7.81. The van der Waals surface area contributed by atoms with E-state index >= 15 is 0 Å². The van der Waals surface area contributed by atoms with Crippen LogP contribution in [0.1, 0.15) is 5.56 Å². The minimum absolute atomic E-state index is 0.179. The largest absolute Gasteiger partial charge is 0.389 e. The van der Waals surface area contributed by atoms with Gasteiger partial charge in [-0.15, -0.1) is 0 Å². The third-order valence-electron chi connectivity index (χ3n) is 2.45. The predicted molar refractivity (Wildman–Crippen MR) is 73.8 cm³/mol. The second-order valence-electron chi connectivity index (χ2n) is 4.06. The Kier molecular flexibility index (Phi) is 6.78. The second kappa shape index (κ2) is 8.13. The predicted octanol–water partition coefficient (Wildman–Crippen LogP) is 0.651. The molecule has 0 spiro atoms. The van der Waals surface area contributed by atoms with Crippen molar-refractivity contribution >= 4 is 18.5 Å². The number of ether oxygens (including phenoxy) is 1. The van der Waals surface area contributed by atoms with Crippen molar-refractivity contribution in [3.63, 3.8) is 0 Å². The fourth-order valence-electron chi connectivity index (χ4n) is 1.52. The molecule has 100 valence electrons. The zero-order valence-corrected chi connectivity index (χ0v) is 11.3. The molecule has 1 rings (SSSR count). The molecule has 0 radical (unpaired) electrons. The van der Waals surface area contributed by atoms with Crippen LogP contribution < -0.4 is 5.32 Å². The first kappa shape index (κ1) is 15.0. The van der Waals surface area contributed by atoms with E-state index in [0.717, 1.165) is 5.56 Å². The summed E-state index contributed by atoms with van der Waals surface area (Å²) in [6.07, 6.45) is -0.118. The van der Waals surface area contributed by atoms with Gasteiger partial charge in [0.1, 0.15) is 0 Å². The van der Waals surface area contributed by atoms with Crippen LogP contribution in [0.25, 0.3) is 0 Å². The summed E-state index contributed by atoms with van der Waals surface area (Å²) < 4.78 is 4.77. The summed E-state index contributed by atoms with van der Waals surface area (Å²) in [5.41, 5.74) is 1.06. The van der Waals surface area contributed by atoms with Crippen molar-refractivity contribution in [3.05, 3.63) is 35.9 Å². The molecule has 2 unspecified atom stereocenters. The molecular formula is C13H19NO3S. The van der Waals surface area contributed by atoms with Crippen molar-refractivity contribution in [2.45, 2.75) is 17.8 Å². The van der Waals surface area contributed by atoms with Crippen LogP contribution in [0, 0.1) is 0 Å². The molecule has 0 fully saturated rings. The standard InChI is InChI=1S/C13H19NO3S/c1-17-9-11(15)8-14-13(16)12(18)7-10-5-3-2-4-6-10/h2-6,11-12,15,18H,7-9H2,1H3,(H,14,16). The SMILES string of the molecule is COCC(O)CNC(=O)C(S)Cc1ccccc1. The number of nitrogens with one attached hydrogen (secondary N) is 1. The van der Waals surface area contributed by atoms with Crippen molar-refractivity contribution in [3.8, 4) is 0 Å². The van der Waals surface area contributed by atoms with Gasteiger partial charge in [-0.05, 0) is 12.0 Å². The lowest BCUT2D eigenvalue weighted by Gasteiger charge is -2.14. The first-order valence-corrected chi connectivity index (χ1v) is 6.32. The fourth-order valence-corrected chi connectivity index (χ4v) is 1.82. The minimum Gasteiger partial charge on any atom is -0.389 e. The number of methoxy groups -OCH3 is 1. The van der Waals surface area contributed by atoms with Gasteiger partial charge in [0.15, 0.2) is 0 Å². The van der Waals surface area contributed by atoms with Gasteiger partial charge in [-0.25, -0.2) is 0 Å². The van der Waals surface area contributed by atoms with E-state index in [1.807, 2.05) is 30.3 Å². The molecule has 0 aromatic heterocycles. The number of aliphatic hydroxyl groups excluding tert-OH is 1. The van der Waals surface area contributed by atoms with Gasteiger partial charge in [0.25, 0.3) is 0 Å². The van der Waals surface area contributed by atoms with E-state index < -0.39 is 11.4 Å². The zero-order valence-electron chi connectivity index (χ0n) is 10.4. The molecule has 0 saturated carbocycles. The summed E-state index contributed by atoms with van der Waals surface area (Å²) in [4.78, 5) is 11.7. The third-order valence-corrected chi connectivity index (χ3v) is 2.86. The van der Waals surface area contributed by atoms with Crippen molar-refractivity contribution < 1.29 is 14.6 Å². The van der Waals surface area contributed by atoms with Gasteiger partial charge in [0.2, 0.25) is 5.91 Å². The van der Waals surface area contributed by atoms with Crippen LogP contribution in [-0.4, -0.2) is 42.6 Å². The highest BCUT2D eigenvalue weighted by Gasteiger charge is 2.15. The van der Waals surface area contributed by atoms with Crippen molar-refractivity contribution in [1.29, 1.82) is 0 Å². The van der Waals surface area contributed by atoms with Crippen LogP contribution in [0.5, 0.6) is 0 Å². The normalized spacial score (nSPS) is 13.9. The molecule has 0 saturated heterocycles. The highest BCUT2D eigenvalue weighted by atomic mass is 32.1. The molecule has 0 bridgehead atoms. The van der Waals surface area contributed by atoms with Crippen molar-refractivity contribution in [2.24, 2.45) is 0 Å². The molecule has 1 aromatic carbocycles. The number of rotatable bonds is 7. The average Bonchev–Trinajstić information content (AvgIpc) is 2.37. The maximum absolute atomic E-state index is 11.7. The van der Waals surface area contributed by atoms with E-state index in [-0.39, 0.29) is 19.1 Å². The lowest BCUT2D eigenvalue weighted by atomic mass is 10.1. The third kappa shape index (κ3) is 5.53. The van der Waals surface area contributed by atoms with Crippen molar-refractivity contribution in [1.82, 2.24) is 5.32 Å². The Morgan fingerprint density at radius 3 is 2.72 bits per heavy atom. The minimum atomic E-state index is -0.684. The van der Waals surface area contributed by atoms with E-state index in [1.54, 1.807) is 0 Å². The highest BCUT2D eigenvalue weighted by Crippen LogP contribution is 2.07. The second-order valence-corrected chi connectivity index (χ2v) is 4.68. The van der Waals surface area contributed by atoms with Gasteiger partial charge in [0, 0.05) is 13.7 Å². The fraction of sp³-hybridized carbons (Fsp3) is 0.462. The Balaban J connectivity index is 2.33. The van der Waals surface area contributed by atoms with E-state index in [4.69, 9.17) is 4.74 Å². The number of carbonyl (C=O) groups excluding carboxylic acids is 1. The quantitative estimate of drug-likeness (QED) is 0.637. The van der Waals surface area contributed by atoms with Gasteiger partial charge < -0.3 is 15.2 Å². The molecule has 1 amide bonds. The first-order chi connectivity index (χ1) is 8.63. The molecule has 4 nitrogen and oxygen atoms in total. The van der Waals surface area contributed by atoms with Crippen LogP contribution >= 0.6 is 12.6 Å². The summed E-state index contributed by atoms with van der Waals surface area (Å²) >= 11 is 4.27. The summed E-state index contributed by atoms with van der Waals surface area (Å²) in [5.74, 6) is -0.183. The van der Waals surface area contributed by atoms with Crippen molar-refractivity contribution in [2.75, 3.05) is 20.3 Å². The lowest BCUT2D eigenvalue weighted by molar-refractivity contribution is -0.121. The van der Waals surface area contributed by atoms with Gasteiger partial charge in [0.05, 0.1) is 18.0 Å². The molecule has 0 aliphatic carbocycles. The number of benzene rings is 1. The molecular weight excluding hydrogens is 250 g/mol. The first-order valence-electron chi connectivity index (χ1n) is 5.80. The molecule has 2 N–H and O–H groups in total. The molecule has 18 heavy (non-hydrogen) atoms.